The number of benzene rings is 1. The fraction of sp³-hybridized carbons (Fsp3) is 0.500. The third-order valence-electron chi connectivity index (χ3n) is 3.34. The molecular formula is C16H27N4OS+. The first kappa shape index (κ1) is 18.4. The second-order valence-electron chi connectivity index (χ2n) is 5.67. The van der Waals surface area contributed by atoms with Crippen LogP contribution in [-0.4, -0.2) is 57.2 Å². The number of hydrogen-bond acceptors (Lipinski definition) is 2. The number of nitrogens with one attached hydrogen (secondary N) is 3. The summed E-state index contributed by atoms with van der Waals surface area (Å²) in [5.74, 6) is -0.0693. The van der Waals surface area contributed by atoms with Gasteiger partial charge in [-0.2, -0.15) is 0 Å². The van der Waals surface area contributed by atoms with Gasteiger partial charge in [0.25, 0.3) is 5.91 Å². The number of hydrogen-bond donors (Lipinski definition) is 3. The Balaban J connectivity index is 2.41. The Hall–Kier alpha value is -1.66. The fourth-order valence-electron chi connectivity index (χ4n) is 2.02. The van der Waals surface area contributed by atoms with E-state index in [1.807, 2.05) is 36.2 Å². The molecule has 0 heterocycles. The monoisotopic (exact) mass is 323 g/mol. The highest BCUT2D eigenvalue weighted by atomic mass is 32.1. The van der Waals surface area contributed by atoms with Gasteiger partial charge < -0.3 is 20.4 Å². The van der Waals surface area contributed by atoms with Gasteiger partial charge in [0, 0.05) is 39.2 Å². The first-order valence-electron chi connectivity index (χ1n) is 7.53. The van der Waals surface area contributed by atoms with Gasteiger partial charge in [0.2, 0.25) is 0 Å². The molecule has 1 aromatic rings. The zero-order valence-electron chi connectivity index (χ0n) is 13.9. The highest BCUT2D eigenvalue weighted by Gasteiger charge is 2.07. The van der Waals surface area contributed by atoms with E-state index in [0.717, 1.165) is 36.7 Å². The van der Waals surface area contributed by atoms with Crippen LogP contribution in [0.5, 0.6) is 0 Å². The van der Waals surface area contributed by atoms with Crippen LogP contribution in [0.2, 0.25) is 0 Å². The molecule has 6 heteroatoms. The van der Waals surface area contributed by atoms with Crippen LogP contribution in [-0.2, 0) is 6.54 Å². The second-order valence-corrected chi connectivity index (χ2v) is 6.06. The van der Waals surface area contributed by atoms with Crippen molar-refractivity contribution in [2.24, 2.45) is 0 Å². The molecule has 1 rings (SSSR count). The molecule has 0 aromatic heterocycles. The van der Waals surface area contributed by atoms with Crippen LogP contribution in [0.4, 0.5) is 0 Å². The van der Waals surface area contributed by atoms with Crippen LogP contribution < -0.4 is 15.5 Å². The van der Waals surface area contributed by atoms with Crippen molar-refractivity contribution in [3.8, 4) is 0 Å². The Bertz CT molecular complexity index is 487. The van der Waals surface area contributed by atoms with Gasteiger partial charge in [-0.05, 0) is 29.9 Å². The molecule has 0 fully saturated rings. The maximum atomic E-state index is 11.5. The Morgan fingerprint density at radius 2 is 1.91 bits per heavy atom. The summed E-state index contributed by atoms with van der Waals surface area (Å²) in [6.07, 6.45) is 1.09. The molecule has 0 unspecified atom stereocenters. The summed E-state index contributed by atoms with van der Waals surface area (Å²) in [6, 6.07) is 7.58. The van der Waals surface area contributed by atoms with Crippen molar-refractivity contribution in [2.75, 3.05) is 41.3 Å². The van der Waals surface area contributed by atoms with Gasteiger partial charge >= 0.3 is 0 Å². The van der Waals surface area contributed by atoms with Crippen molar-refractivity contribution < 1.29 is 9.69 Å². The van der Waals surface area contributed by atoms with Crippen molar-refractivity contribution in [3.05, 3.63) is 35.4 Å². The predicted molar refractivity (Wildman–Crippen MR) is 94.2 cm³/mol. The molecule has 3 N–H and O–H groups in total. The Labute approximate surface area is 138 Å². The molecule has 0 radical (unpaired) electrons. The average molecular weight is 323 g/mol. The fourth-order valence-corrected chi connectivity index (χ4v) is 2.19. The van der Waals surface area contributed by atoms with Crippen LogP contribution >= 0.6 is 12.2 Å². The van der Waals surface area contributed by atoms with Gasteiger partial charge in [0.05, 0.1) is 20.6 Å². The highest BCUT2D eigenvalue weighted by Crippen LogP contribution is 2.07. The van der Waals surface area contributed by atoms with Crippen molar-refractivity contribution >= 4 is 23.2 Å². The molecule has 0 aliphatic rings. The number of carbonyl (C=O) groups is 1. The summed E-state index contributed by atoms with van der Waals surface area (Å²) >= 11 is 5.38. The van der Waals surface area contributed by atoms with E-state index in [0.29, 0.717) is 5.56 Å². The standard InChI is InChI=1S/C16H26N4OS/c1-17-15(21)14-8-6-13(7-9-14)12-20(4)16(22)18-10-5-11-19(2)3/h6-9H,5,10-12H2,1-4H3,(H,17,21)(H,18,22)/p+1. The summed E-state index contributed by atoms with van der Waals surface area (Å²) in [5, 5.41) is 6.64. The lowest BCUT2D eigenvalue weighted by Crippen LogP contribution is -3.05. The lowest BCUT2D eigenvalue weighted by molar-refractivity contribution is -0.858. The molecule has 1 amide bonds. The quantitative estimate of drug-likeness (QED) is 0.484. The Morgan fingerprint density at radius 1 is 1.27 bits per heavy atom. The first-order chi connectivity index (χ1) is 10.4. The van der Waals surface area contributed by atoms with Gasteiger partial charge in [-0.25, -0.2) is 0 Å². The molecule has 0 bridgehead atoms. The van der Waals surface area contributed by atoms with E-state index in [1.54, 1.807) is 7.05 Å². The van der Waals surface area contributed by atoms with E-state index in [-0.39, 0.29) is 5.91 Å². The molecule has 0 atom stereocenters. The summed E-state index contributed by atoms with van der Waals surface area (Å²) in [4.78, 5) is 14.9. The first-order valence-corrected chi connectivity index (χ1v) is 7.94. The molecule has 22 heavy (non-hydrogen) atoms. The number of rotatable bonds is 7. The van der Waals surface area contributed by atoms with Crippen molar-refractivity contribution in [1.82, 2.24) is 15.5 Å². The third-order valence-corrected chi connectivity index (χ3v) is 3.80. The van der Waals surface area contributed by atoms with Crippen LogP contribution in [0.15, 0.2) is 24.3 Å². The molecule has 5 nitrogen and oxygen atoms in total. The average Bonchev–Trinajstić information content (AvgIpc) is 2.51. The minimum absolute atomic E-state index is 0.0693. The number of amides is 1. The van der Waals surface area contributed by atoms with Gasteiger partial charge in [-0.1, -0.05) is 12.1 Å². The van der Waals surface area contributed by atoms with E-state index in [1.165, 1.54) is 4.90 Å². The van der Waals surface area contributed by atoms with Crippen molar-refractivity contribution in [1.29, 1.82) is 0 Å². The summed E-state index contributed by atoms with van der Waals surface area (Å²) in [7, 11) is 7.89. The smallest absolute Gasteiger partial charge is 0.251 e. The molecule has 0 saturated carbocycles. The third kappa shape index (κ3) is 6.41. The van der Waals surface area contributed by atoms with E-state index in [4.69, 9.17) is 12.2 Å². The van der Waals surface area contributed by atoms with Crippen LogP contribution in [0.3, 0.4) is 0 Å². The normalized spacial score (nSPS) is 10.4. The SMILES string of the molecule is CNC(=O)c1ccc(CN(C)C(=S)NCCC[NH+](C)C)cc1. The zero-order valence-corrected chi connectivity index (χ0v) is 14.7. The molecule has 0 saturated heterocycles. The number of carbonyl (C=O) groups excluding carboxylic acids is 1. The summed E-state index contributed by atoms with van der Waals surface area (Å²) in [6.45, 7) is 2.74. The van der Waals surface area contributed by atoms with Crippen LogP contribution in [0.25, 0.3) is 0 Å². The zero-order chi connectivity index (χ0) is 16.5. The molecule has 1 aromatic carbocycles. The Kier molecular flexibility index (Phi) is 7.84. The number of thiocarbonyl (C=S) groups is 1. The van der Waals surface area contributed by atoms with E-state index < -0.39 is 0 Å². The maximum Gasteiger partial charge on any atom is 0.251 e. The van der Waals surface area contributed by atoms with Crippen LogP contribution in [0, 0.1) is 0 Å². The highest BCUT2D eigenvalue weighted by molar-refractivity contribution is 7.80. The topological polar surface area (TPSA) is 48.8 Å². The summed E-state index contributed by atoms with van der Waals surface area (Å²) < 4.78 is 0. The largest absolute Gasteiger partial charge is 0.362 e. The van der Waals surface area contributed by atoms with Gasteiger partial charge in [0.1, 0.15) is 0 Å². The molecule has 0 aliphatic heterocycles. The summed E-state index contributed by atoms with van der Waals surface area (Å²) in [5.41, 5.74) is 1.79. The molecule has 0 aliphatic carbocycles. The van der Waals surface area contributed by atoms with E-state index in [2.05, 4.69) is 24.7 Å². The van der Waals surface area contributed by atoms with E-state index >= 15 is 0 Å². The molecule has 122 valence electrons. The van der Waals surface area contributed by atoms with Crippen LogP contribution in [0.1, 0.15) is 22.3 Å². The molecular weight excluding hydrogens is 296 g/mol. The van der Waals surface area contributed by atoms with Gasteiger partial charge in [-0.15, -0.1) is 0 Å². The lowest BCUT2D eigenvalue weighted by atomic mass is 10.1. The van der Waals surface area contributed by atoms with Gasteiger partial charge in [-0.3, -0.25) is 4.79 Å². The van der Waals surface area contributed by atoms with Gasteiger partial charge in [0.15, 0.2) is 5.11 Å². The number of nitrogens with zero attached hydrogens (tertiary/aromatic N) is 1. The second kappa shape index (κ2) is 9.38. The number of quaternary nitrogens is 1. The minimum atomic E-state index is -0.0693. The maximum absolute atomic E-state index is 11.5. The Morgan fingerprint density at radius 3 is 2.45 bits per heavy atom. The van der Waals surface area contributed by atoms with Crippen molar-refractivity contribution in [3.63, 3.8) is 0 Å². The van der Waals surface area contributed by atoms with E-state index in [9.17, 15) is 4.79 Å². The minimum Gasteiger partial charge on any atom is -0.362 e. The molecule has 0 spiro atoms. The predicted octanol–water partition coefficient (Wildman–Crippen LogP) is -0.113. The lowest BCUT2D eigenvalue weighted by Gasteiger charge is -2.21. The van der Waals surface area contributed by atoms with Crippen molar-refractivity contribution in [2.45, 2.75) is 13.0 Å².